The van der Waals surface area contributed by atoms with Crippen molar-refractivity contribution in [1.29, 1.82) is 0 Å². The van der Waals surface area contributed by atoms with Crippen LogP contribution >= 0.6 is 11.6 Å². The Kier molecular flexibility index (Phi) is 5.24. The van der Waals surface area contributed by atoms with E-state index in [2.05, 4.69) is 36.1 Å². The second kappa shape index (κ2) is 8.49. The van der Waals surface area contributed by atoms with Gasteiger partial charge in [0.2, 0.25) is 0 Å². The summed E-state index contributed by atoms with van der Waals surface area (Å²) in [5.74, 6) is 0. The van der Waals surface area contributed by atoms with E-state index < -0.39 is 0 Å². The lowest BCUT2D eigenvalue weighted by Crippen LogP contribution is -2.02. The van der Waals surface area contributed by atoms with Crippen molar-refractivity contribution in [3.05, 3.63) is 137 Å². The van der Waals surface area contributed by atoms with Crippen LogP contribution in [0.1, 0.15) is 16.8 Å². The molecule has 5 rings (SSSR count). The molecule has 0 atom stereocenters. The fourth-order valence-electron chi connectivity index (χ4n) is 3.64. The van der Waals surface area contributed by atoms with E-state index in [4.69, 9.17) is 16.7 Å². The summed E-state index contributed by atoms with van der Waals surface area (Å²) in [5.41, 5.74) is 9.57. The van der Waals surface area contributed by atoms with Crippen LogP contribution in [0.3, 0.4) is 0 Å². The van der Waals surface area contributed by atoms with Crippen molar-refractivity contribution >= 4 is 34.2 Å². The summed E-state index contributed by atoms with van der Waals surface area (Å²) in [5, 5.41) is 6.70. The first kappa shape index (κ1) is 19.1. The van der Waals surface area contributed by atoms with Crippen LogP contribution in [0.2, 0.25) is 5.02 Å². The van der Waals surface area contributed by atoms with Gasteiger partial charge in [0.25, 0.3) is 0 Å². The van der Waals surface area contributed by atoms with E-state index in [1.807, 2.05) is 89.6 Å². The van der Waals surface area contributed by atoms with Gasteiger partial charge in [-0.3, -0.25) is 0 Å². The molecule has 0 fully saturated rings. The Labute approximate surface area is 186 Å². The standard InChI is InChI=1S/C28H19ClN2/c29-23-18-16-22(17-19-23)25(20-15-21-9-3-1-4-10-21)28-26-13-7-8-14-27(26)30-31(28)24-11-5-2-6-12-24/h1-19H. The summed E-state index contributed by atoms with van der Waals surface area (Å²) in [6, 6.07) is 36.5. The van der Waals surface area contributed by atoms with Gasteiger partial charge < -0.3 is 0 Å². The normalized spacial score (nSPS) is 10.6. The highest BCUT2D eigenvalue weighted by Gasteiger charge is 2.17. The number of para-hydroxylation sites is 1. The molecule has 0 unspecified atom stereocenters. The van der Waals surface area contributed by atoms with E-state index in [9.17, 15) is 0 Å². The average Bonchev–Trinajstić information content (AvgIpc) is 3.21. The molecule has 0 spiro atoms. The minimum absolute atomic E-state index is 0.705. The first-order valence-electron chi connectivity index (χ1n) is 10.1. The van der Waals surface area contributed by atoms with Gasteiger partial charge in [0.05, 0.1) is 22.5 Å². The number of benzene rings is 4. The van der Waals surface area contributed by atoms with Crippen molar-refractivity contribution < 1.29 is 0 Å². The fraction of sp³-hybridized carbons (Fsp3) is 0. The fourth-order valence-corrected chi connectivity index (χ4v) is 3.77. The molecule has 3 heteroatoms. The van der Waals surface area contributed by atoms with Crippen LogP contribution in [0.15, 0.2) is 115 Å². The van der Waals surface area contributed by atoms with Crippen LogP contribution in [-0.4, -0.2) is 9.78 Å². The number of aromatic nitrogens is 2. The van der Waals surface area contributed by atoms with Gasteiger partial charge in [-0.05, 0) is 47.5 Å². The molecule has 0 saturated carbocycles. The third-order valence-electron chi connectivity index (χ3n) is 5.13. The Hall–Kier alpha value is -3.84. The second-order valence-electron chi connectivity index (χ2n) is 7.19. The van der Waals surface area contributed by atoms with Crippen molar-refractivity contribution in [1.82, 2.24) is 9.78 Å². The largest absolute Gasteiger partial charge is 0.231 e. The number of hydrogen-bond donors (Lipinski definition) is 0. The molecule has 1 heterocycles. The summed E-state index contributed by atoms with van der Waals surface area (Å²) in [4.78, 5) is 0. The lowest BCUT2D eigenvalue weighted by Gasteiger charge is -2.11. The SMILES string of the molecule is Clc1ccc(C(=C=Cc2ccccc2)c2c3ccccc3nn2-c2ccccc2)cc1. The molecule has 0 aliphatic rings. The zero-order valence-corrected chi connectivity index (χ0v) is 17.5. The van der Waals surface area contributed by atoms with Crippen LogP contribution in [-0.2, 0) is 0 Å². The minimum Gasteiger partial charge on any atom is -0.231 e. The van der Waals surface area contributed by atoms with Gasteiger partial charge in [-0.25, -0.2) is 4.68 Å². The third kappa shape index (κ3) is 3.95. The molecular formula is C28H19ClN2. The minimum atomic E-state index is 0.705. The molecule has 0 aliphatic carbocycles. The Bertz CT molecular complexity index is 1390. The third-order valence-corrected chi connectivity index (χ3v) is 5.38. The first-order chi connectivity index (χ1) is 15.3. The van der Waals surface area contributed by atoms with Gasteiger partial charge in [-0.15, -0.1) is 5.73 Å². The maximum atomic E-state index is 6.18. The molecule has 1 aromatic heterocycles. The quantitative estimate of drug-likeness (QED) is 0.277. The molecule has 5 aromatic rings. The Morgan fingerprint density at radius 2 is 1.39 bits per heavy atom. The smallest absolute Gasteiger partial charge is 0.0934 e. The van der Waals surface area contributed by atoms with E-state index in [1.54, 1.807) is 0 Å². The van der Waals surface area contributed by atoms with E-state index in [-0.39, 0.29) is 0 Å². The number of nitrogens with zero attached hydrogens (tertiary/aromatic N) is 2. The van der Waals surface area contributed by atoms with Crippen LogP contribution in [0.4, 0.5) is 0 Å². The molecule has 0 radical (unpaired) electrons. The summed E-state index contributed by atoms with van der Waals surface area (Å²) in [6.07, 6.45) is 2.01. The predicted molar refractivity (Wildman–Crippen MR) is 129 cm³/mol. The zero-order valence-electron chi connectivity index (χ0n) is 16.7. The molecule has 0 N–H and O–H groups in total. The molecular weight excluding hydrogens is 400 g/mol. The van der Waals surface area contributed by atoms with E-state index >= 15 is 0 Å². The second-order valence-corrected chi connectivity index (χ2v) is 7.63. The number of halogens is 1. The molecule has 0 saturated heterocycles. The highest BCUT2D eigenvalue weighted by atomic mass is 35.5. The van der Waals surface area contributed by atoms with Crippen LogP contribution in [0, 0.1) is 0 Å². The average molecular weight is 419 g/mol. The predicted octanol–water partition coefficient (Wildman–Crippen LogP) is 7.42. The molecule has 2 nitrogen and oxygen atoms in total. The van der Waals surface area contributed by atoms with Gasteiger partial charge in [0.1, 0.15) is 0 Å². The first-order valence-corrected chi connectivity index (χ1v) is 10.5. The van der Waals surface area contributed by atoms with Crippen molar-refractivity contribution in [2.45, 2.75) is 0 Å². The van der Waals surface area contributed by atoms with Crippen molar-refractivity contribution in [2.24, 2.45) is 0 Å². The van der Waals surface area contributed by atoms with Crippen LogP contribution in [0.5, 0.6) is 0 Å². The Morgan fingerprint density at radius 1 is 0.742 bits per heavy atom. The van der Waals surface area contributed by atoms with Gasteiger partial charge in [-0.2, -0.15) is 5.10 Å². The number of fused-ring (bicyclic) bond motifs is 1. The maximum Gasteiger partial charge on any atom is 0.0934 e. The molecule has 31 heavy (non-hydrogen) atoms. The van der Waals surface area contributed by atoms with E-state index in [0.29, 0.717) is 5.02 Å². The number of rotatable bonds is 4. The van der Waals surface area contributed by atoms with Crippen molar-refractivity contribution in [3.63, 3.8) is 0 Å². The topological polar surface area (TPSA) is 17.8 Å². The zero-order chi connectivity index (χ0) is 21.0. The van der Waals surface area contributed by atoms with Gasteiger partial charge in [0.15, 0.2) is 0 Å². The van der Waals surface area contributed by atoms with Crippen LogP contribution in [0.25, 0.3) is 28.2 Å². The van der Waals surface area contributed by atoms with Crippen molar-refractivity contribution in [2.75, 3.05) is 0 Å². The highest BCUT2D eigenvalue weighted by molar-refractivity contribution is 6.30. The molecule has 148 valence electrons. The maximum absolute atomic E-state index is 6.18. The van der Waals surface area contributed by atoms with E-state index in [0.717, 1.165) is 39.0 Å². The van der Waals surface area contributed by atoms with Gasteiger partial charge >= 0.3 is 0 Å². The molecule has 4 aromatic carbocycles. The lowest BCUT2D eigenvalue weighted by molar-refractivity contribution is 0.882. The van der Waals surface area contributed by atoms with Gasteiger partial charge in [0, 0.05) is 10.4 Å². The van der Waals surface area contributed by atoms with Crippen molar-refractivity contribution in [3.8, 4) is 5.69 Å². The molecule has 0 aliphatic heterocycles. The van der Waals surface area contributed by atoms with Gasteiger partial charge in [-0.1, -0.05) is 90.5 Å². The summed E-state index contributed by atoms with van der Waals surface area (Å²) in [7, 11) is 0. The monoisotopic (exact) mass is 418 g/mol. The van der Waals surface area contributed by atoms with E-state index in [1.165, 1.54) is 0 Å². The Morgan fingerprint density at radius 3 is 2.13 bits per heavy atom. The Balaban J connectivity index is 1.83. The lowest BCUT2D eigenvalue weighted by atomic mass is 10.00. The summed E-state index contributed by atoms with van der Waals surface area (Å²) < 4.78 is 2.00. The summed E-state index contributed by atoms with van der Waals surface area (Å²) >= 11 is 6.18. The number of hydrogen-bond acceptors (Lipinski definition) is 1. The summed E-state index contributed by atoms with van der Waals surface area (Å²) in [6.45, 7) is 0. The molecule has 0 bridgehead atoms. The molecule has 0 amide bonds. The highest BCUT2D eigenvalue weighted by Crippen LogP contribution is 2.32. The van der Waals surface area contributed by atoms with Crippen LogP contribution < -0.4 is 0 Å².